The van der Waals surface area contributed by atoms with Crippen LogP contribution >= 0.6 is 0 Å². The smallest absolute Gasteiger partial charge is 0.251 e. The molecular weight excluding hydrogens is 220 g/mol. The van der Waals surface area contributed by atoms with Crippen LogP contribution in [0.25, 0.3) is 0 Å². The Bertz CT molecular complexity index is 195. The van der Waals surface area contributed by atoms with Gasteiger partial charge in [0.2, 0.25) is 0 Å². The van der Waals surface area contributed by atoms with Gasteiger partial charge in [-0.15, -0.1) is 0 Å². The first-order chi connectivity index (χ1) is 7.63. The van der Waals surface area contributed by atoms with Gasteiger partial charge < -0.3 is 14.9 Å². The van der Waals surface area contributed by atoms with Crippen molar-refractivity contribution in [3.63, 3.8) is 0 Å². The maximum absolute atomic E-state index is 12.2. The summed E-state index contributed by atoms with van der Waals surface area (Å²) >= 11 is 0. The first kappa shape index (κ1) is 13.8. The Labute approximate surface area is 93.8 Å². The largest absolute Gasteiger partial charge is 0.395 e. The van der Waals surface area contributed by atoms with Crippen LogP contribution in [0.2, 0.25) is 0 Å². The maximum Gasteiger partial charge on any atom is 0.251 e. The van der Waals surface area contributed by atoms with E-state index in [-0.39, 0.29) is 25.6 Å². The molecule has 2 atom stereocenters. The molecule has 0 saturated carbocycles. The summed E-state index contributed by atoms with van der Waals surface area (Å²) in [4.78, 5) is 1.47. The fourth-order valence-electron chi connectivity index (χ4n) is 1.89. The average Bonchev–Trinajstić information content (AvgIpc) is 2.21. The second-order valence-electron chi connectivity index (χ2n) is 4.07. The molecule has 1 aliphatic rings. The Kier molecular flexibility index (Phi) is 6.12. The van der Waals surface area contributed by atoms with Crippen LogP contribution in [0.4, 0.5) is 8.78 Å². The molecule has 0 aromatic carbocycles. The minimum Gasteiger partial charge on any atom is -0.395 e. The molecule has 0 spiro atoms. The van der Waals surface area contributed by atoms with Gasteiger partial charge >= 0.3 is 0 Å². The van der Waals surface area contributed by atoms with Crippen LogP contribution in [0.1, 0.15) is 6.42 Å². The van der Waals surface area contributed by atoms with Crippen molar-refractivity contribution < 1.29 is 23.7 Å². The molecule has 0 aliphatic carbocycles. The molecule has 0 aromatic heterocycles. The van der Waals surface area contributed by atoms with Crippen molar-refractivity contribution in [1.82, 2.24) is 4.90 Å². The summed E-state index contributed by atoms with van der Waals surface area (Å²) in [6, 6.07) is 0. The minimum atomic E-state index is -2.42. The van der Waals surface area contributed by atoms with Gasteiger partial charge in [-0.3, -0.25) is 4.90 Å². The Balaban J connectivity index is 2.39. The highest BCUT2D eigenvalue weighted by Gasteiger charge is 2.26. The summed E-state index contributed by atoms with van der Waals surface area (Å²) < 4.78 is 29.7. The molecule has 1 aliphatic heterocycles. The zero-order chi connectivity index (χ0) is 12.0. The summed E-state index contributed by atoms with van der Waals surface area (Å²) in [7, 11) is 0. The van der Waals surface area contributed by atoms with E-state index in [4.69, 9.17) is 9.84 Å². The van der Waals surface area contributed by atoms with E-state index in [1.807, 2.05) is 0 Å². The lowest BCUT2D eigenvalue weighted by Crippen LogP contribution is -2.43. The van der Waals surface area contributed by atoms with Gasteiger partial charge in [0, 0.05) is 25.6 Å². The molecular formula is C10H19F2NO3. The summed E-state index contributed by atoms with van der Waals surface area (Å²) in [5, 5.41) is 18.4. The Morgan fingerprint density at radius 2 is 2.19 bits per heavy atom. The van der Waals surface area contributed by atoms with Crippen LogP contribution in [0.5, 0.6) is 0 Å². The van der Waals surface area contributed by atoms with Gasteiger partial charge in [-0.05, 0) is 6.42 Å². The second kappa shape index (κ2) is 7.11. The van der Waals surface area contributed by atoms with Gasteiger partial charge in [0.15, 0.2) is 0 Å². The molecule has 96 valence electrons. The first-order valence-electron chi connectivity index (χ1n) is 5.50. The maximum atomic E-state index is 12.2. The average molecular weight is 239 g/mol. The first-order valence-corrected chi connectivity index (χ1v) is 5.50. The molecule has 1 saturated heterocycles. The number of hydrogen-bond donors (Lipinski definition) is 2. The van der Waals surface area contributed by atoms with Crippen LogP contribution in [0.15, 0.2) is 0 Å². The minimum absolute atomic E-state index is 0.140. The number of halogens is 2. The van der Waals surface area contributed by atoms with E-state index < -0.39 is 12.5 Å². The molecule has 0 amide bonds. The number of aliphatic hydroxyl groups excluding tert-OH is 2. The van der Waals surface area contributed by atoms with Gasteiger partial charge in [-0.1, -0.05) is 0 Å². The van der Waals surface area contributed by atoms with Gasteiger partial charge in [0.25, 0.3) is 6.43 Å². The Morgan fingerprint density at radius 1 is 1.44 bits per heavy atom. The number of aliphatic hydroxyl groups is 2. The van der Waals surface area contributed by atoms with Crippen molar-refractivity contribution in [3.8, 4) is 0 Å². The molecule has 0 bridgehead atoms. The van der Waals surface area contributed by atoms with E-state index >= 15 is 0 Å². The molecule has 4 nitrogen and oxygen atoms in total. The molecule has 1 fully saturated rings. The SMILES string of the molecule is OCCN(CC(F)F)CC1COCCC1O. The standard InChI is InChI=1S/C10H19F2NO3/c11-10(12)6-13(2-3-14)5-8-7-16-4-1-9(8)15/h8-10,14-15H,1-7H2. The molecule has 0 aromatic rings. The third-order valence-corrected chi connectivity index (χ3v) is 2.74. The summed E-state index contributed by atoms with van der Waals surface area (Å²) in [5.74, 6) is -0.140. The normalized spacial score (nSPS) is 26.6. The van der Waals surface area contributed by atoms with Crippen molar-refractivity contribution >= 4 is 0 Å². The highest BCUT2D eigenvalue weighted by Crippen LogP contribution is 2.16. The fraction of sp³-hybridized carbons (Fsp3) is 1.00. The topological polar surface area (TPSA) is 52.9 Å². The van der Waals surface area contributed by atoms with Gasteiger partial charge in [-0.25, -0.2) is 8.78 Å². The molecule has 1 rings (SSSR count). The van der Waals surface area contributed by atoms with Crippen LogP contribution in [-0.4, -0.2) is 67.1 Å². The summed E-state index contributed by atoms with van der Waals surface area (Å²) in [6.45, 7) is 0.929. The van der Waals surface area contributed by atoms with E-state index in [1.54, 1.807) is 0 Å². The van der Waals surface area contributed by atoms with Crippen molar-refractivity contribution in [3.05, 3.63) is 0 Å². The van der Waals surface area contributed by atoms with E-state index in [1.165, 1.54) is 4.90 Å². The third kappa shape index (κ3) is 4.69. The second-order valence-corrected chi connectivity index (χ2v) is 4.07. The monoisotopic (exact) mass is 239 g/mol. The predicted molar refractivity (Wildman–Crippen MR) is 54.5 cm³/mol. The van der Waals surface area contributed by atoms with Crippen molar-refractivity contribution in [2.75, 3.05) is 39.5 Å². The lowest BCUT2D eigenvalue weighted by molar-refractivity contribution is -0.0523. The number of nitrogens with zero attached hydrogens (tertiary/aromatic N) is 1. The zero-order valence-electron chi connectivity index (χ0n) is 9.19. The lowest BCUT2D eigenvalue weighted by atomic mass is 9.98. The van der Waals surface area contributed by atoms with Crippen LogP contribution < -0.4 is 0 Å². The van der Waals surface area contributed by atoms with Gasteiger partial charge in [-0.2, -0.15) is 0 Å². The van der Waals surface area contributed by atoms with E-state index in [0.29, 0.717) is 26.2 Å². The summed E-state index contributed by atoms with van der Waals surface area (Å²) in [5.41, 5.74) is 0. The van der Waals surface area contributed by atoms with Gasteiger partial charge in [0.05, 0.1) is 25.9 Å². The van der Waals surface area contributed by atoms with E-state index in [9.17, 15) is 13.9 Å². The van der Waals surface area contributed by atoms with E-state index in [0.717, 1.165) is 0 Å². The molecule has 16 heavy (non-hydrogen) atoms. The quantitative estimate of drug-likeness (QED) is 0.682. The highest BCUT2D eigenvalue weighted by molar-refractivity contribution is 4.76. The number of rotatable bonds is 6. The van der Waals surface area contributed by atoms with Crippen LogP contribution in [-0.2, 0) is 4.74 Å². The molecule has 1 heterocycles. The highest BCUT2D eigenvalue weighted by atomic mass is 19.3. The van der Waals surface area contributed by atoms with Gasteiger partial charge in [0.1, 0.15) is 0 Å². The molecule has 0 radical (unpaired) electrons. The molecule has 6 heteroatoms. The predicted octanol–water partition coefficient (Wildman–Crippen LogP) is -0.0568. The van der Waals surface area contributed by atoms with Crippen LogP contribution in [0, 0.1) is 5.92 Å². The van der Waals surface area contributed by atoms with Crippen LogP contribution in [0.3, 0.4) is 0 Å². The fourth-order valence-corrected chi connectivity index (χ4v) is 1.89. The Hall–Kier alpha value is -0.300. The zero-order valence-corrected chi connectivity index (χ0v) is 9.19. The number of hydrogen-bond acceptors (Lipinski definition) is 4. The molecule has 2 N–H and O–H groups in total. The third-order valence-electron chi connectivity index (χ3n) is 2.74. The Morgan fingerprint density at radius 3 is 2.75 bits per heavy atom. The summed E-state index contributed by atoms with van der Waals surface area (Å²) in [6.07, 6.45) is -2.37. The van der Waals surface area contributed by atoms with Crippen molar-refractivity contribution in [2.45, 2.75) is 19.0 Å². The number of alkyl halides is 2. The molecule has 2 unspecified atom stereocenters. The lowest BCUT2D eigenvalue weighted by Gasteiger charge is -2.32. The van der Waals surface area contributed by atoms with Crippen molar-refractivity contribution in [1.29, 1.82) is 0 Å². The number of ether oxygens (including phenoxy) is 1. The van der Waals surface area contributed by atoms with Crippen molar-refractivity contribution in [2.24, 2.45) is 5.92 Å². The van der Waals surface area contributed by atoms with E-state index in [2.05, 4.69) is 0 Å².